The highest BCUT2D eigenvalue weighted by molar-refractivity contribution is 5.76. The molecular weight excluding hydrogens is 398 g/mol. The van der Waals surface area contributed by atoms with E-state index in [9.17, 15) is 25.2 Å². The van der Waals surface area contributed by atoms with Gasteiger partial charge in [-0.1, -0.05) is 63.3 Å². The minimum absolute atomic E-state index is 0.282. The molecule has 0 saturated carbocycles. The lowest BCUT2D eigenvalue weighted by molar-refractivity contribution is -0.236. The van der Waals surface area contributed by atoms with Crippen molar-refractivity contribution in [3.05, 3.63) is 24.3 Å². The molecule has 0 radical (unpaired) electrons. The van der Waals surface area contributed by atoms with Crippen molar-refractivity contribution >= 4 is 5.91 Å². The first-order valence-electron chi connectivity index (χ1n) is 11.9. The smallest absolute Gasteiger partial charge is 0.222 e. The quantitative estimate of drug-likeness (QED) is 0.186. The van der Waals surface area contributed by atoms with Gasteiger partial charge in [-0.15, -0.1) is 0 Å². The van der Waals surface area contributed by atoms with E-state index in [-0.39, 0.29) is 5.91 Å². The summed E-state index contributed by atoms with van der Waals surface area (Å²) >= 11 is 0. The Bertz CT molecular complexity index is 522. The Morgan fingerprint density at radius 1 is 0.839 bits per heavy atom. The van der Waals surface area contributed by atoms with Gasteiger partial charge in [-0.05, 0) is 38.5 Å². The maximum Gasteiger partial charge on any atom is 0.222 e. The van der Waals surface area contributed by atoms with Crippen LogP contribution >= 0.6 is 0 Å². The van der Waals surface area contributed by atoms with Gasteiger partial charge in [0.1, 0.15) is 24.4 Å². The van der Waals surface area contributed by atoms with Crippen LogP contribution in [0.2, 0.25) is 0 Å². The van der Waals surface area contributed by atoms with Gasteiger partial charge in [0, 0.05) is 6.42 Å². The summed E-state index contributed by atoms with van der Waals surface area (Å²) in [5.41, 5.74) is 0. The van der Waals surface area contributed by atoms with Gasteiger partial charge < -0.3 is 30.5 Å². The van der Waals surface area contributed by atoms with Crippen LogP contribution in [0.15, 0.2) is 24.3 Å². The Balaban J connectivity index is 2.03. The predicted molar refractivity (Wildman–Crippen MR) is 121 cm³/mol. The van der Waals surface area contributed by atoms with Crippen molar-refractivity contribution in [3.8, 4) is 0 Å². The molecule has 0 spiro atoms. The molecule has 1 fully saturated rings. The summed E-state index contributed by atoms with van der Waals surface area (Å²) in [5, 5.41) is 41.1. The maximum atomic E-state index is 12.1. The molecule has 0 unspecified atom stereocenters. The van der Waals surface area contributed by atoms with E-state index in [1.165, 1.54) is 25.7 Å². The van der Waals surface area contributed by atoms with Crippen LogP contribution in [0.1, 0.15) is 84.0 Å². The molecule has 1 heterocycles. The minimum Gasteiger partial charge on any atom is -0.394 e. The number of ether oxygens (including phenoxy) is 1. The molecule has 0 aromatic rings. The summed E-state index contributed by atoms with van der Waals surface area (Å²) in [7, 11) is 0. The lowest BCUT2D eigenvalue weighted by Gasteiger charge is -2.40. The molecule has 1 amide bonds. The van der Waals surface area contributed by atoms with Crippen molar-refractivity contribution in [1.82, 2.24) is 5.32 Å². The number of unbranched alkanes of at least 4 members (excludes halogenated alkanes) is 8. The van der Waals surface area contributed by atoms with Crippen molar-refractivity contribution < 1.29 is 30.0 Å². The van der Waals surface area contributed by atoms with Gasteiger partial charge >= 0.3 is 0 Å². The molecule has 1 aliphatic heterocycles. The van der Waals surface area contributed by atoms with E-state index in [1.54, 1.807) is 0 Å². The monoisotopic (exact) mass is 441 g/mol. The van der Waals surface area contributed by atoms with E-state index in [1.807, 2.05) is 0 Å². The number of carbonyl (C=O) groups is 1. The highest BCUT2D eigenvalue weighted by Crippen LogP contribution is 2.20. The molecule has 0 aromatic heterocycles. The Morgan fingerprint density at radius 2 is 1.45 bits per heavy atom. The standard InChI is InChI=1S/C24H43NO6/c1-2-3-4-5-6-7-8-9-10-11-12-13-14-15-16-17-20(27)25-24-23(30)22(29)21(28)19(18-26)31-24/h6-7,9-10,19,21-24,26,28-30H,2-5,8,11-18H2,1H3,(H,25,27)/t19-,21-,22+,23-,24-/m1/s1. The first-order chi connectivity index (χ1) is 15.0. The van der Waals surface area contributed by atoms with Crippen molar-refractivity contribution in [2.75, 3.05) is 6.61 Å². The highest BCUT2D eigenvalue weighted by atomic mass is 16.6. The van der Waals surface area contributed by atoms with E-state index in [2.05, 4.69) is 36.5 Å². The van der Waals surface area contributed by atoms with E-state index in [0.29, 0.717) is 6.42 Å². The summed E-state index contributed by atoms with van der Waals surface area (Å²) in [5.74, 6) is -0.282. The van der Waals surface area contributed by atoms with Crippen LogP contribution < -0.4 is 5.32 Å². The SMILES string of the molecule is CCCCCC=CCC=CCCCCCCCC(=O)N[C@@H]1O[C@H](CO)[C@@H](O)[C@H](O)[C@H]1O. The summed E-state index contributed by atoms with van der Waals surface area (Å²) < 4.78 is 5.28. The fourth-order valence-electron chi connectivity index (χ4n) is 3.55. The van der Waals surface area contributed by atoms with Crippen molar-refractivity contribution in [1.29, 1.82) is 0 Å². The summed E-state index contributed by atoms with van der Waals surface area (Å²) in [6.45, 7) is 1.71. The van der Waals surface area contributed by atoms with Crippen molar-refractivity contribution in [3.63, 3.8) is 0 Å². The number of hydrogen-bond acceptors (Lipinski definition) is 6. The molecule has 1 saturated heterocycles. The lowest BCUT2D eigenvalue weighted by atomic mass is 9.98. The van der Waals surface area contributed by atoms with E-state index in [0.717, 1.165) is 44.9 Å². The summed E-state index contributed by atoms with van der Waals surface area (Å²) in [6, 6.07) is 0. The zero-order valence-corrected chi connectivity index (χ0v) is 19.0. The molecule has 0 aromatic carbocycles. The van der Waals surface area contributed by atoms with Gasteiger partial charge in [0.15, 0.2) is 6.23 Å². The van der Waals surface area contributed by atoms with Crippen LogP contribution in [-0.2, 0) is 9.53 Å². The lowest BCUT2D eigenvalue weighted by Crippen LogP contribution is -2.63. The fourth-order valence-corrected chi connectivity index (χ4v) is 3.55. The second kappa shape index (κ2) is 17.3. The number of hydrogen-bond donors (Lipinski definition) is 5. The third-order valence-electron chi connectivity index (χ3n) is 5.55. The van der Waals surface area contributed by atoms with Gasteiger partial charge in [0.05, 0.1) is 6.61 Å². The molecule has 0 aliphatic carbocycles. The molecule has 0 bridgehead atoms. The number of aliphatic hydroxyl groups is 4. The van der Waals surface area contributed by atoms with Crippen LogP contribution in [0, 0.1) is 0 Å². The second-order valence-electron chi connectivity index (χ2n) is 8.30. The first-order valence-corrected chi connectivity index (χ1v) is 11.9. The van der Waals surface area contributed by atoms with E-state index in [4.69, 9.17) is 4.74 Å². The minimum atomic E-state index is -1.48. The average molecular weight is 442 g/mol. The predicted octanol–water partition coefficient (Wildman–Crippen LogP) is 2.72. The van der Waals surface area contributed by atoms with Crippen LogP contribution in [0.5, 0.6) is 0 Å². The Kier molecular flexibility index (Phi) is 15.5. The summed E-state index contributed by atoms with van der Waals surface area (Å²) in [6.07, 6.45) is 15.0. The molecule has 7 heteroatoms. The van der Waals surface area contributed by atoms with Gasteiger partial charge in [0.25, 0.3) is 0 Å². The maximum absolute atomic E-state index is 12.1. The van der Waals surface area contributed by atoms with Gasteiger partial charge in [-0.3, -0.25) is 4.79 Å². The normalized spacial score (nSPS) is 26.7. The zero-order chi connectivity index (χ0) is 22.9. The largest absolute Gasteiger partial charge is 0.394 e. The van der Waals surface area contributed by atoms with Gasteiger partial charge in [0.2, 0.25) is 5.91 Å². The van der Waals surface area contributed by atoms with Crippen LogP contribution in [0.25, 0.3) is 0 Å². The molecule has 180 valence electrons. The molecule has 1 rings (SSSR count). The molecule has 5 N–H and O–H groups in total. The molecule has 31 heavy (non-hydrogen) atoms. The molecule has 7 nitrogen and oxygen atoms in total. The average Bonchev–Trinajstić information content (AvgIpc) is 2.76. The van der Waals surface area contributed by atoms with Crippen LogP contribution in [0.4, 0.5) is 0 Å². The zero-order valence-electron chi connectivity index (χ0n) is 19.0. The molecular formula is C24H43NO6. The van der Waals surface area contributed by atoms with Gasteiger partial charge in [-0.2, -0.15) is 0 Å². The number of nitrogens with one attached hydrogen (secondary N) is 1. The number of carbonyl (C=O) groups excluding carboxylic acids is 1. The Labute approximate surface area is 187 Å². The van der Waals surface area contributed by atoms with Crippen LogP contribution in [0.3, 0.4) is 0 Å². The first kappa shape index (κ1) is 27.8. The van der Waals surface area contributed by atoms with Crippen molar-refractivity contribution in [2.24, 2.45) is 0 Å². The summed E-state index contributed by atoms with van der Waals surface area (Å²) in [4.78, 5) is 12.1. The van der Waals surface area contributed by atoms with E-state index < -0.39 is 37.3 Å². The topological polar surface area (TPSA) is 119 Å². The number of amides is 1. The second-order valence-corrected chi connectivity index (χ2v) is 8.30. The number of aliphatic hydroxyl groups excluding tert-OH is 4. The van der Waals surface area contributed by atoms with Crippen molar-refractivity contribution in [2.45, 2.75) is 115 Å². The number of allylic oxidation sites excluding steroid dienone is 4. The third-order valence-corrected chi connectivity index (χ3v) is 5.55. The Hall–Kier alpha value is -1.25. The van der Waals surface area contributed by atoms with Gasteiger partial charge in [-0.25, -0.2) is 0 Å². The molecule has 1 aliphatic rings. The van der Waals surface area contributed by atoms with Crippen LogP contribution in [-0.4, -0.2) is 63.6 Å². The number of rotatable bonds is 16. The fraction of sp³-hybridized carbons (Fsp3) is 0.792. The highest BCUT2D eigenvalue weighted by Gasteiger charge is 2.43. The van der Waals surface area contributed by atoms with E-state index >= 15 is 0 Å². The third kappa shape index (κ3) is 11.8. The molecule has 5 atom stereocenters. The Morgan fingerprint density at radius 3 is 2.10 bits per heavy atom.